The molecule has 0 heterocycles. The summed E-state index contributed by atoms with van der Waals surface area (Å²) in [6.45, 7) is 6.50. The summed E-state index contributed by atoms with van der Waals surface area (Å²) in [6.07, 6.45) is 8.31. The first-order valence-electron chi connectivity index (χ1n) is 5.51. The van der Waals surface area contributed by atoms with E-state index in [9.17, 15) is 4.79 Å². The summed E-state index contributed by atoms with van der Waals surface area (Å²) in [5.74, 6) is -0.217. The predicted molar refractivity (Wildman–Crippen MR) is 59.1 cm³/mol. The van der Waals surface area contributed by atoms with Gasteiger partial charge in [0.15, 0.2) is 0 Å². The summed E-state index contributed by atoms with van der Waals surface area (Å²) in [4.78, 5) is 11.3. The third kappa shape index (κ3) is 6.70. The number of carbonyl (C=O) groups excluding carboxylic acids is 1. The fourth-order valence-electron chi connectivity index (χ4n) is 1.20. The van der Waals surface area contributed by atoms with E-state index < -0.39 is 0 Å². The van der Waals surface area contributed by atoms with Crippen LogP contribution in [-0.2, 0) is 9.53 Å². The van der Waals surface area contributed by atoms with Gasteiger partial charge in [-0.1, -0.05) is 38.3 Å². The fraction of sp³-hybridized carbons (Fsp3) is 0.750. The van der Waals surface area contributed by atoms with Crippen LogP contribution in [0.4, 0.5) is 0 Å². The van der Waals surface area contributed by atoms with Crippen LogP contribution >= 0.6 is 0 Å². The zero-order chi connectivity index (χ0) is 10.8. The number of allylic oxidation sites excluding steroid dienone is 1. The maximum atomic E-state index is 11.3. The third-order valence-corrected chi connectivity index (χ3v) is 2.10. The van der Waals surface area contributed by atoms with Gasteiger partial charge in [-0.3, -0.25) is 4.79 Å². The first-order valence-corrected chi connectivity index (χ1v) is 5.51. The Morgan fingerprint density at radius 2 is 2.07 bits per heavy atom. The Bertz CT molecular complexity index is 173. The zero-order valence-electron chi connectivity index (χ0n) is 9.58. The van der Waals surface area contributed by atoms with Gasteiger partial charge in [-0.05, 0) is 20.3 Å². The molecular weight excluding hydrogens is 176 g/mol. The van der Waals surface area contributed by atoms with Gasteiger partial charge in [0.25, 0.3) is 0 Å². The van der Waals surface area contributed by atoms with E-state index in [1.807, 2.05) is 26.0 Å². The Hall–Kier alpha value is -0.790. The molecular formula is C12H22O2. The highest BCUT2D eigenvalue weighted by Gasteiger charge is 2.09. The number of hydrogen-bond donors (Lipinski definition) is 0. The molecule has 0 aromatic heterocycles. The van der Waals surface area contributed by atoms with Crippen LogP contribution in [0.2, 0.25) is 0 Å². The van der Waals surface area contributed by atoms with E-state index in [4.69, 9.17) is 4.74 Å². The van der Waals surface area contributed by atoms with E-state index in [1.165, 1.54) is 12.8 Å². The molecule has 0 aliphatic rings. The molecule has 82 valence electrons. The van der Waals surface area contributed by atoms with Gasteiger partial charge in [-0.15, -0.1) is 0 Å². The molecule has 0 radical (unpaired) electrons. The minimum absolute atomic E-state index is 0.105. The number of carbonyl (C=O) groups is 1. The number of rotatable bonds is 7. The quantitative estimate of drug-likeness (QED) is 0.356. The largest absolute Gasteiger partial charge is 0.465 e. The van der Waals surface area contributed by atoms with Crippen molar-refractivity contribution in [2.75, 3.05) is 6.61 Å². The monoisotopic (exact) mass is 198 g/mol. The number of esters is 1. The molecule has 0 aliphatic carbocycles. The van der Waals surface area contributed by atoms with E-state index >= 15 is 0 Å². The SMILES string of the molecule is CC=CC(C)C(=O)OCCCCCC. The maximum Gasteiger partial charge on any atom is 0.312 e. The first-order chi connectivity index (χ1) is 6.72. The summed E-state index contributed by atoms with van der Waals surface area (Å²) in [5, 5.41) is 0. The average Bonchev–Trinajstić information content (AvgIpc) is 2.17. The molecule has 14 heavy (non-hydrogen) atoms. The highest BCUT2D eigenvalue weighted by Crippen LogP contribution is 2.03. The third-order valence-electron chi connectivity index (χ3n) is 2.10. The number of hydrogen-bond acceptors (Lipinski definition) is 2. The Kier molecular flexibility index (Phi) is 8.30. The second-order valence-electron chi connectivity index (χ2n) is 3.54. The van der Waals surface area contributed by atoms with E-state index in [-0.39, 0.29) is 11.9 Å². The van der Waals surface area contributed by atoms with Crippen molar-refractivity contribution >= 4 is 5.97 Å². The van der Waals surface area contributed by atoms with Crippen molar-refractivity contribution in [2.45, 2.75) is 46.5 Å². The standard InChI is InChI=1S/C12H22O2/c1-4-6-7-8-10-14-12(13)11(3)9-5-2/h5,9,11H,4,6-8,10H2,1-3H3. The van der Waals surface area contributed by atoms with Gasteiger partial charge in [0.2, 0.25) is 0 Å². The predicted octanol–water partition coefficient (Wildman–Crippen LogP) is 3.32. The van der Waals surface area contributed by atoms with E-state index in [1.54, 1.807) is 0 Å². The van der Waals surface area contributed by atoms with Crippen LogP contribution in [0.25, 0.3) is 0 Å². The lowest BCUT2D eigenvalue weighted by molar-refractivity contribution is -0.146. The van der Waals surface area contributed by atoms with Gasteiger partial charge >= 0.3 is 5.97 Å². The Morgan fingerprint density at radius 1 is 1.36 bits per heavy atom. The molecule has 0 N–H and O–H groups in total. The van der Waals surface area contributed by atoms with Gasteiger partial charge in [0.1, 0.15) is 0 Å². The van der Waals surface area contributed by atoms with Crippen molar-refractivity contribution in [2.24, 2.45) is 5.92 Å². The molecule has 2 nitrogen and oxygen atoms in total. The van der Waals surface area contributed by atoms with E-state index in [0.717, 1.165) is 12.8 Å². The first kappa shape index (κ1) is 13.2. The van der Waals surface area contributed by atoms with Crippen LogP contribution < -0.4 is 0 Å². The molecule has 0 spiro atoms. The Balaban J connectivity index is 3.44. The van der Waals surface area contributed by atoms with Crippen molar-refractivity contribution in [1.29, 1.82) is 0 Å². The smallest absolute Gasteiger partial charge is 0.312 e. The second-order valence-corrected chi connectivity index (χ2v) is 3.54. The van der Waals surface area contributed by atoms with Crippen molar-refractivity contribution in [3.05, 3.63) is 12.2 Å². The van der Waals surface area contributed by atoms with Crippen LogP contribution in [0.5, 0.6) is 0 Å². The average molecular weight is 198 g/mol. The zero-order valence-corrected chi connectivity index (χ0v) is 9.58. The molecule has 2 heteroatoms. The van der Waals surface area contributed by atoms with E-state index in [2.05, 4.69) is 6.92 Å². The summed E-state index contributed by atoms with van der Waals surface area (Å²) in [7, 11) is 0. The fourth-order valence-corrected chi connectivity index (χ4v) is 1.20. The highest BCUT2D eigenvalue weighted by atomic mass is 16.5. The molecule has 1 unspecified atom stereocenters. The maximum absolute atomic E-state index is 11.3. The molecule has 0 fully saturated rings. The van der Waals surface area contributed by atoms with Crippen LogP contribution in [0.1, 0.15) is 46.5 Å². The van der Waals surface area contributed by atoms with E-state index in [0.29, 0.717) is 6.61 Å². The number of ether oxygens (including phenoxy) is 1. The molecule has 1 atom stereocenters. The van der Waals surface area contributed by atoms with Crippen LogP contribution in [0, 0.1) is 5.92 Å². The normalized spacial score (nSPS) is 13.1. The van der Waals surface area contributed by atoms with Crippen LogP contribution in [0.15, 0.2) is 12.2 Å². The Morgan fingerprint density at radius 3 is 2.64 bits per heavy atom. The summed E-state index contributed by atoms with van der Waals surface area (Å²) in [5.41, 5.74) is 0. The van der Waals surface area contributed by atoms with Gasteiger partial charge < -0.3 is 4.74 Å². The summed E-state index contributed by atoms with van der Waals surface area (Å²) in [6, 6.07) is 0. The summed E-state index contributed by atoms with van der Waals surface area (Å²) < 4.78 is 5.11. The minimum Gasteiger partial charge on any atom is -0.465 e. The lowest BCUT2D eigenvalue weighted by Crippen LogP contribution is -2.13. The molecule has 0 saturated carbocycles. The summed E-state index contributed by atoms with van der Waals surface area (Å²) >= 11 is 0. The molecule has 0 amide bonds. The molecule has 0 rings (SSSR count). The van der Waals surface area contributed by atoms with Gasteiger partial charge in [0.05, 0.1) is 12.5 Å². The molecule has 0 aliphatic heterocycles. The molecule has 0 bridgehead atoms. The molecule has 0 aromatic carbocycles. The van der Waals surface area contributed by atoms with Crippen LogP contribution in [-0.4, -0.2) is 12.6 Å². The number of unbranched alkanes of at least 4 members (excludes halogenated alkanes) is 3. The second kappa shape index (κ2) is 8.79. The van der Waals surface area contributed by atoms with Crippen molar-refractivity contribution < 1.29 is 9.53 Å². The molecule has 0 saturated heterocycles. The lowest BCUT2D eigenvalue weighted by Gasteiger charge is -2.07. The topological polar surface area (TPSA) is 26.3 Å². The molecule has 0 aromatic rings. The highest BCUT2D eigenvalue weighted by molar-refractivity contribution is 5.73. The Labute approximate surface area is 87.3 Å². The van der Waals surface area contributed by atoms with Gasteiger partial charge in [0, 0.05) is 0 Å². The lowest BCUT2D eigenvalue weighted by atomic mass is 10.2. The van der Waals surface area contributed by atoms with Gasteiger partial charge in [-0.25, -0.2) is 0 Å². The minimum atomic E-state index is -0.111. The van der Waals surface area contributed by atoms with Crippen molar-refractivity contribution in [3.8, 4) is 0 Å². The van der Waals surface area contributed by atoms with Gasteiger partial charge in [-0.2, -0.15) is 0 Å². The van der Waals surface area contributed by atoms with Crippen molar-refractivity contribution in [3.63, 3.8) is 0 Å². The van der Waals surface area contributed by atoms with Crippen molar-refractivity contribution in [1.82, 2.24) is 0 Å². The van der Waals surface area contributed by atoms with Crippen LogP contribution in [0.3, 0.4) is 0 Å².